The van der Waals surface area contributed by atoms with Gasteiger partial charge >= 0.3 is 0 Å². The van der Waals surface area contributed by atoms with Crippen LogP contribution in [0.25, 0.3) is 0 Å². The highest BCUT2D eigenvalue weighted by atomic mass is 15.4. The molecular formula is C8H16N2. The van der Waals surface area contributed by atoms with Crippen molar-refractivity contribution in [1.82, 2.24) is 5.01 Å². The van der Waals surface area contributed by atoms with Gasteiger partial charge in [0.05, 0.1) is 5.71 Å². The van der Waals surface area contributed by atoms with Crippen LogP contribution in [0.5, 0.6) is 0 Å². The quantitative estimate of drug-likeness (QED) is 0.432. The number of rotatable bonds is 3. The Morgan fingerprint density at radius 1 is 1.50 bits per heavy atom. The van der Waals surface area contributed by atoms with Gasteiger partial charge in [0, 0.05) is 14.1 Å². The van der Waals surface area contributed by atoms with E-state index in [9.17, 15) is 0 Å². The summed E-state index contributed by atoms with van der Waals surface area (Å²) in [6.07, 6.45) is 5.20. The maximum absolute atomic E-state index is 4.18. The van der Waals surface area contributed by atoms with Crippen LogP contribution in [0.15, 0.2) is 17.3 Å². The summed E-state index contributed by atoms with van der Waals surface area (Å²) in [4.78, 5) is 0. The van der Waals surface area contributed by atoms with E-state index in [0.29, 0.717) is 0 Å². The number of nitrogens with zero attached hydrogens (tertiary/aromatic N) is 2. The highest BCUT2D eigenvalue weighted by molar-refractivity contribution is 5.92. The monoisotopic (exact) mass is 140 g/mol. The number of hydrogen-bond acceptors (Lipinski definition) is 2. The Kier molecular flexibility index (Phi) is 4.63. The standard InChI is InChI=1S/C8H16N2/c1-5-6-7-8(2)9-10(3)4/h6-7H,5H2,1-4H3/b7-6-,9-8-. The van der Waals surface area contributed by atoms with Crippen LogP contribution in [0, 0.1) is 0 Å². The Bertz CT molecular complexity index is 134. The van der Waals surface area contributed by atoms with Gasteiger partial charge < -0.3 is 5.01 Å². The first kappa shape index (κ1) is 9.21. The predicted molar refractivity (Wildman–Crippen MR) is 46.2 cm³/mol. The molecule has 0 saturated heterocycles. The SMILES string of the molecule is CC/C=C\C(C)=N/N(C)C. The fourth-order valence-corrected chi connectivity index (χ4v) is 0.637. The molecule has 0 fully saturated rings. The van der Waals surface area contributed by atoms with Crippen molar-refractivity contribution in [2.24, 2.45) is 5.10 Å². The predicted octanol–water partition coefficient (Wildman–Crippen LogP) is 1.89. The van der Waals surface area contributed by atoms with Crippen LogP contribution in [0.4, 0.5) is 0 Å². The lowest BCUT2D eigenvalue weighted by atomic mass is 10.3. The van der Waals surface area contributed by atoms with Crippen LogP contribution in [0.1, 0.15) is 20.3 Å². The topological polar surface area (TPSA) is 15.6 Å². The lowest BCUT2D eigenvalue weighted by Gasteiger charge is -2.03. The Morgan fingerprint density at radius 2 is 2.10 bits per heavy atom. The molecule has 0 aromatic rings. The highest BCUT2D eigenvalue weighted by Gasteiger charge is 1.82. The van der Waals surface area contributed by atoms with Gasteiger partial charge in [-0.2, -0.15) is 5.10 Å². The van der Waals surface area contributed by atoms with E-state index in [4.69, 9.17) is 0 Å². The van der Waals surface area contributed by atoms with Crippen molar-refractivity contribution in [1.29, 1.82) is 0 Å². The first-order valence-corrected chi connectivity index (χ1v) is 3.56. The van der Waals surface area contributed by atoms with Gasteiger partial charge in [0.25, 0.3) is 0 Å². The minimum Gasteiger partial charge on any atom is -0.303 e. The second-order valence-corrected chi connectivity index (χ2v) is 2.40. The maximum Gasteiger partial charge on any atom is 0.0571 e. The molecule has 0 amide bonds. The minimum absolute atomic E-state index is 1.05. The van der Waals surface area contributed by atoms with Crippen molar-refractivity contribution < 1.29 is 0 Å². The second kappa shape index (κ2) is 5.03. The molecule has 58 valence electrons. The van der Waals surface area contributed by atoms with Gasteiger partial charge in [-0.25, -0.2) is 0 Å². The number of allylic oxidation sites excluding steroid dienone is 2. The molecule has 0 spiro atoms. The molecule has 0 bridgehead atoms. The van der Waals surface area contributed by atoms with E-state index in [1.54, 1.807) is 5.01 Å². The van der Waals surface area contributed by atoms with Crippen molar-refractivity contribution in [3.63, 3.8) is 0 Å². The van der Waals surface area contributed by atoms with Crippen LogP contribution in [-0.4, -0.2) is 24.8 Å². The van der Waals surface area contributed by atoms with Gasteiger partial charge in [-0.3, -0.25) is 0 Å². The second-order valence-electron chi connectivity index (χ2n) is 2.40. The highest BCUT2D eigenvalue weighted by Crippen LogP contribution is 1.85. The third-order valence-electron chi connectivity index (χ3n) is 0.952. The number of hydrogen-bond donors (Lipinski definition) is 0. The zero-order chi connectivity index (χ0) is 7.98. The maximum atomic E-state index is 4.18. The van der Waals surface area contributed by atoms with Gasteiger partial charge in [0.1, 0.15) is 0 Å². The third kappa shape index (κ3) is 5.35. The van der Waals surface area contributed by atoms with Crippen LogP contribution < -0.4 is 0 Å². The van der Waals surface area contributed by atoms with Crippen LogP contribution >= 0.6 is 0 Å². The minimum atomic E-state index is 1.05. The van der Waals surface area contributed by atoms with E-state index in [1.165, 1.54) is 0 Å². The normalized spacial score (nSPS) is 12.6. The Balaban J connectivity index is 3.82. The molecule has 0 aliphatic carbocycles. The molecule has 0 aromatic heterocycles. The molecular weight excluding hydrogens is 124 g/mol. The van der Waals surface area contributed by atoms with E-state index in [1.807, 2.05) is 27.1 Å². The summed E-state index contributed by atoms with van der Waals surface area (Å²) >= 11 is 0. The zero-order valence-corrected chi connectivity index (χ0v) is 7.26. The molecule has 10 heavy (non-hydrogen) atoms. The summed E-state index contributed by atoms with van der Waals surface area (Å²) in [5.74, 6) is 0. The van der Waals surface area contributed by atoms with Crippen LogP contribution in [-0.2, 0) is 0 Å². The fraction of sp³-hybridized carbons (Fsp3) is 0.625. The molecule has 0 saturated carbocycles. The first-order chi connectivity index (χ1) is 4.66. The van der Waals surface area contributed by atoms with Gasteiger partial charge in [-0.1, -0.05) is 13.0 Å². The molecule has 0 atom stereocenters. The lowest BCUT2D eigenvalue weighted by Crippen LogP contribution is -2.04. The zero-order valence-electron chi connectivity index (χ0n) is 7.26. The van der Waals surface area contributed by atoms with Crippen molar-refractivity contribution >= 4 is 5.71 Å². The van der Waals surface area contributed by atoms with Crippen molar-refractivity contribution in [2.45, 2.75) is 20.3 Å². The summed E-state index contributed by atoms with van der Waals surface area (Å²) in [7, 11) is 3.84. The number of hydrazone groups is 1. The molecule has 0 unspecified atom stereocenters. The molecule has 0 radical (unpaired) electrons. The fourth-order valence-electron chi connectivity index (χ4n) is 0.637. The molecule has 0 aliphatic heterocycles. The van der Waals surface area contributed by atoms with Gasteiger partial charge in [0.2, 0.25) is 0 Å². The molecule has 0 aliphatic rings. The van der Waals surface area contributed by atoms with E-state index in [0.717, 1.165) is 12.1 Å². The van der Waals surface area contributed by atoms with Crippen LogP contribution in [0.3, 0.4) is 0 Å². The first-order valence-electron chi connectivity index (χ1n) is 3.56. The Hall–Kier alpha value is -0.790. The average molecular weight is 140 g/mol. The molecule has 0 N–H and O–H groups in total. The Labute approximate surface area is 63.2 Å². The Morgan fingerprint density at radius 3 is 2.50 bits per heavy atom. The van der Waals surface area contributed by atoms with E-state index in [-0.39, 0.29) is 0 Å². The summed E-state index contributed by atoms with van der Waals surface area (Å²) in [6, 6.07) is 0. The van der Waals surface area contributed by atoms with E-state index in [2.05, 4.69) is 18.1 Å². The molecule has 0 aromatic carbocycles. The van der Waals surface area contributed by atoms with Gasteiger partial charge in [-0.05, 0) is 19.4 Å². The smallest absolute Gasteiger partial charge is 0.0571 e. The van der Waals surface area contributed by atoms with Crippen molar-refractivity contribution in [2.75, 3.05) is 14.1 Å². The summed E-state index contributed by atoms with van der Waals surface area (Å²) < 4.78 is 0. The van der Waals surface area contributed by atoms with Crippen molar-refractivity contribution in [3.05, 3.63) is 12.2 Å². The van der Waals surface area contributed by atoms with E-state index < -0.39 is 0 Å². The molecule has 2 nitrogen and oxygen atoms in total. The van der Waals surface area contributed by atoms with Gasteiger partial charge in [-0.15, -0.1) is 0 Å². The lowest BCUT2D eigenvalue weighted by molar-refractivity contribution is 0.438. The van der Waals surface area contributed by atoms with Crippen molar-refractivity contribution in [3.8, 4) is 0 Å². The van der Waals surface area contributed by atoms with E-state index >= 15 is 0 Å². The summed E-state index contributed by atoms with van der Waals surface area (Å²) in [5, 5.41) is 5.98. The summed E-state index contributed by atoms with van der Waals surface area (Å²) in [5.41, 5.74) is 1.05. The third-order valence-corrected chi connectivity index (χ3v) is 0.952. The molecule has 0 rings (SSSR count). The summed E-state index contributed by atoms with van der Waals surface area (Å²) in [6.45, 7) is 4.10. The largest absolute Gasteiger partial charge is 0.303 e. The molecule has 2 heteroatoms. The van der Waals surface area contributed by atoms with Crippen LogP contribution in [0.2, 0.25) is 0 Å². The average Bonchev–Trinajstić information content (AvgIpc) is 1.82. The van der Waals surface area contributed by atoms with Gasteiger partial charge in [0.15, 0.2) is 0 Å². The molecule has 0 heterocycles.